The van der Waals surface area contributed by atoms with Gasteiger partial charge in [-0.2, -0.15) is 0 Å². The van der Waals surface area contributed by atoms with Gasteiger partial charge in [0.2, 0.25) is 0 Å². The molecule has 140 valence electrons. The molecule has 0 unspecified atom stereocenters. The fourth-order valence-corrected chi connectivity index (χ4v) is 3.96. The zero-order chi connectivity index (χ0) is 20.0. The summed E-state index contributed by atoms with van der Waals surface area (Å²) in [5.74, 6) is -0.531. The molecule has 0 spiro atoms. The molecule has 2 N–H and O–H groups in total. The molecular formula is C24H15BrN2O2. The van der Waals surface area contributed by atoms with Crippen molar-refractivity contribution in [3.63, 3.8) is 0 Å². The number of fused-ring (bicyclic) bond motifs is 1. The third-order valence-electron chi connectivity index (χ3n) is 5.09. The molecule has 0 atom stereocenters. The van der Waals surface area contributed by atoms with Gasteiger partial charge in [0, 0.05) is 4.47 Å². The van der Waals surface area contributed by atoms with Gasteiger partial charge in [-0.1, -0.05) is 82.7 Å². The van der Waals surface area contributed by atoms with Crippen molar-refractivity contribution in [3.8, 4) is 11.1 Å². The van der Waals surface area contributed by atoms with E-state index < -0.39 is 0 Å². The fraction of sp³-hybridized carbons (Fsp3) is 0. The molecule has 0 fully saturated rings. The van der Waals surface area contributed by atoms with Crippen LogP contribution in [-0.2, 0) is 9.59 Å². The topological polar surface area (TPSA) is 58.2 Å². The minimum absolute atomic E-state index is 0.265. The lowest BCUT2D eigenvalue weighted by molar-refractivity contribution is -0.117. The molecule has 0 saturated heterocycles. The van der Waals surface area contributed by atoms with Crippen LogP contribution in [0.25, 0.3) is 22.5 Å². The first kappa shape index (κ1) is 17.6. The number of nitrogens with one attached hydrogen (secondary N) is 2. The average molecular weight is 443 g/mol. The summed E-state index contributed by atoms with van der Waals surface area (Å²) >= 11 is 3.40. The van der Waals surface area contributed by atoms with Gasteiger partial charge in [0.25, 0.3) is 11.8 Å². The summed E-state index contributed by atoms with van der Waals surface area (Å²) in [5, 5.41) is 5.75. The van der Waals surface area contributed by atoms with E-state index in [9.17, 15) is 9.59 Å². The van der Waals surface area contributed by atoms with Crippen molar-refractivity contribution in [1.82, 2.24) is 10.6 Å². The third-order valence-corrected chi connectivity index (χ3v) is 5.62. The number of carbonyl (C=O) groups is 2. The van der Waals surface area contributed by atoms with Crippen LogP contribution in [0.2, 0.25) is 0 Å². The van der Waals surface area contributed by atoms with E-state index in [-0.39, 0.29) is 11.8 Å². The summed E-state index contributed by atoms with van der Waals surface area (Å²) in [5.41, 5.74) is 5.69. The van der Waals surface area contributed by atoms with E-state index in [1.807, 2.05) is 78.9 Å². The molecule has 3 aromatic rings. The summed E-state index contributed by atoms with van der Waals surface area (Å²) in [4.78, 5) is 25.4. The molecule has 2 amide bonds. The van der Waals surface area contributed by atoms with E-state index >= 15 is 0 Å². The predicted octanol–water partition coefficient (Wildman–Crippen LogP) is 4.50. The van der Waals surface area contributed by atoms with Gasteiger partial charge in [0.1, 0.15) is 0 Å². The predicted molar refractivity (Wildman–Crippen MR) is 116 cm³/mol. The van der Waals surface area contributed by atoms with E-state index in [1.165, 1.54) is 0 Å². The summed E-state index contributed by atoms with van der Waals surface area (Å²) in [7, 11) is 0. The molecule has 5 rings (SSSR count). The van der Waals surface area contributed by atoms with Crippen LogP contribution in [0.3, 0.4) is 0 Å². The number of amides is 2. The van der Waals surface area contributed by atoms with E-state index in [0.717, 1.165) is 26.7 Å². The van der Waals surface area contributed by atoms with Crippen LogP contribution in [0.15, 0.2) is 94.5 Å². The maximum atomic E-state index is 12.7. The zero-order valence-electron chi connectivity index (χ0n) is 15.2. The van der Waals surface area contributed by atoms with Gasteiger partial charge in [0.05, 0.1) is 22.5 Å². The number of benzene rings is 3. The van der Waals surface area contributed by atoms with Crippen LogP contribution in [-0.4, -0.2) is 11.8 Å². The molecule has 2 aliphatic heterocycles. The van der Waals surface area contributed by atoms with Gasteiger partial charge in [0.15, 0.2) is 0 Å². The number of halogens is 1. The molecule has 3 aromatic carbocycles. The summed E-state index contributed by atoms with van der Waals surface area (Å²) in [6.45, 7) is 0. The molecule has 0 aromatic heterocycles. The van der Waals surface area contributed by atoms with Crippen molar-refractivity contribution in [2.45, 2.75) is 0 Å². The van der Waals surface area contributed by atoms with Crippen molar-refractivity contribution in [2.24, 2.45) is 0 Å². The highest BCUT2D eigenvalue weighted by molar-refractivity contribution is 9.10. The molecule has 2 aliphatic rings. The van der Waals surface area contributed by atoms with E-state index in [4.69, 9.17) is 0 Å². The van der Waals surface area contributed by atoms with Gasteiger partial charge in [-0.15, -0.1) is 0 Å². The standard InChI is InChI=1S/C24H15BrN2O2/c25-18-12-10-17(11-13-18)22-20-19(23(28)27-22)21(26-24(20)29)16-8-6-15(7-9-16)14-4-2-1-3-5-14/h1-13H,(H,26,29)(H,27,28). The minimum Gasteiger partial charge on any atom is -0.321 e. The molecule has 2 heterocycles. The molecule has 0 saturated carbocycles. The third kappa shape index (κ3) is 3.00. The van der Waals surface area contributed by atoms with Gasteiger partial charge in [-0.25, -0.2) is 0 Å². The summed E-state index contributed by atoms with van der Waals surface area (Å²) in [6, 6.07) is 25.4. The highest BCUT2D eigenvalue weighted by atomic mass is 79.9. The Hall–Kier alpha value is -3.44. The minimum atomic E-state index is -0.265. The molecule has 0 radical (unpaired) electrons. The molecule has 4 nitrogen and oxygen atoms in total. The summed E-state index contributed by atoms with van der Waals surface area (Å²) in [6.07, 6.45) is 0. The zero-order valence-corrected chi connectivity index (χ0v) is 16.8. The smallest absolute Gasteiger partial charge is 0.258 e. The van der Waals surface area contributed by atoms with Crippen LogP contribution >= 0.6 is 15.9 Å². The van der Waals surface area contributed by atoms with E-state index in [2.05, 4.69) is 26.6 Å². The second kappa shape index (κ2) is 6.87. The SMILES string of the molecule is O=C1NC(c2ccc(-c3ccccc3)cc2)=C2C(=O)NC(c3ccc(Br)cc3)=C12. The first-order valence-corrected chi connectivity index (χ1v) is 9.94. The van der Waals surface area contributed by atoms with Gasteiger partial charge in [-0.3, -0.25) is 9.59 Å². The highest BCUT2D eigenvalue weighted by Crippen LogP contribution is 2.37. The normalized spacial score (nSPS) is 15.5. The largest absolute Gasteiger partial charge is 0.321 e. The van der Waals surface area contributed by atoms with Gasteiger partial charge < -0.3 is 10.6 Å². The van der Waals surface area contributed by atoms with Gasteiger partial charge >= 0.3 is 0 Å². The van der Waals surface area contributed by atoms with E-state index in [0.29, 0.717) is 22.5 Å². The Labute approximate surface area is 176 Å². The van der Waals surface area contributed by atoms with Crippen molar-refractivity contribution in [2.75, 3.05) is 0 Å². The Balaban J connectivity index is 1.57. The first-order chi connectivity index (χ1) is 14.1. The second-order valence-corrected chi connectivity index (χ2v) is 7.77. The second-order valence-electron chi connectivity index (χ2n) is 6.86. The number of rotatable bonds is 3. The lowest BCUT2D eigenvalue weighted by Crippen LogP contribution is -2.21. The Morgan fingerprint density at radius 2 is 0.931 bits per heavy atom. The van der Waals surface area contributed by atoms with Crippen molar-refractivity contribution < 1.29 is 9.59 Å². The van der Waals surface area contributed by atoms with Gasteiger partial charge in [-0.05, 0) is 34.4 Å². The Morgan fingerprint density at radius 3 is 1.45 bits per heavy atom. The molecule has 0 aliphatic carbocycles. The highest BCUT2D eigenvalue weighted by Gasteiger charge is 2.40. The van der Waals surface area contributed by atoms with Crippen molar-refractivity contribution in [1.29, 1.82) is 0 Å². The maximum Gasteiger partial charge on any atom is 0.258 e. The maximum absolute atomic E-state index is 12.7. The molecule has 29 heavy (non-hydrogen) atoms. The lowest BCUT2D eigenvalue weighted by Gasteiger charge is -2.08. The Bertz CT molecular complexity index is 1210. The van der Waals surface area contributed by atoms with E-state index in [1.54, 1.807) is 0 Å². The lowest BCUT2D eigenvalue weighted by atomic mass is 10.00. The van der Waals surface area contributed by atoms with Crippen molar-refractivity contribution >= 4 is 39.1 Å². The molecule has 5 heteroatoms. The van der Waals surface area contributed by atoms with Crippen LogP contribution in [0.5, 0.6) is 0 Å². The Kier molecular flexibility index (Phi) is 4.18. The fourth-order valence-electron chi connectivity index (χ4n) is 3.69. The van der Waals surface area contributed by atoms with Crippen LogP contribution < -0.4 is 10.6 Å². The number of carbonyl (C=O) groups excluding carboxylic acids is 2. The molecular weight excluding hydrogens is 428 g/mol. The van der Waals surface area contributed by atoms with Crippen LogP contribution in [0, 0.1) is 0 Å². The number of hydrogen-bond donors (Lipinski definition) is 2. The quantitative estimate of drug-likeness (QED) is 0.627. The first-order valence-electron chi connectivity index (χ1n) is 9.15. The molecule has 0 bridgehead atoms. The summed E-state index contributed by atoms with van der Waals surface area (Å²) < 4.78 is 0.932. The monoisotopic (exact) mass is 442 g/mol. The average Bonchev–Trinajstić information content (AvgIpc) is 3.28. The van der Waals surface area contributed by atoms with Crippen molar-refractivity contribution in [3.05, 3.63) is 106 Å². The van der Waals surface area contributed by atoms with Crippen LogP contribution in [0.1, 0.15) is 11.1 Å². The van der Waals surface area contributed by atoms with Crippen LogP contribution in [0.4, 0.5) is 0 Å². The Morgan fingerprint density at radius 1 is 0.517 bits per heavy atom. The number of hydrogen-bond acceptors (Lipinski definition) is 2.